The van der Waals surface area contributed by atoms with Crippen LogP contribution in [0, 0.1) is 4.77 Å². The molecule has 0 aliphatic carbocycles. The Morgan fingerprint density at radius 3 is 2.86 bits per heavy atom. The van der Waals surface area contributed by atoms with Gasteiger partial charge in [0.05, 0.1) is 16.5 Å². The fraction of sp³-hybridized carbons (Fsp3) is 0.133. The molecule has 0 aliphatic heterocycles. The van der Waals surface area contributed by atoms with Crippen molar-refractivity contribution in [2.45, 2.75) is 13.0 Å². The van der Waals surface area contributed by atoms with Gasteiger partial charge in [-0.1, -0.05) is 6.07 Å². The highest BCUT2D eigenvalue weighted by atomic mass is 32.1. The number of fused-ring (bicyclic) bond motifs is 1. The number of benzene rings is 1. The number of nitrogens with zero attached hydrogens (tertiary/aromatic N) is 1. The van der Waals surface area contributed by atoms with E-state index in [0.717, 1.165) is 6.42 Å². The molecule has 3 rings (SSSR count). The van der Waals surface area contributed by atoms with Crippen molar-refractivity contribution in [3.8, 4) is 0 Å². The summed E-state index contributed by atoms with van der Waals surface area (Å²) < 4.78 is 1.81. The molecule has 5 nitrogen and oxygen atoms in total. The summed E-state index contributed by atoms with van der Waals surface area (Å²) in [5.74, 6) is -1.04. The van der Waals surface area contributed by atoms with Gasteiger partial charge in [-0.2, -0.15) is 0 Å². The van der Waals surface area contributed by atoms with Gasteiger partial charge in [0, 0.05) is 11.4 Å². The molecule has 0 aliphatic rings. The predicted molar refractivity (Wildman–Crippen MR) is 88.4 cm³/mol. The third kappa shape index (κ3) is 2.72. The van der Waals surface area contributed by atoms with Crippen molar-refractivity contribution in [3.63, 3.8) is 0 Å². The Bertz CT molecular complexity index is 955. The van der Waals surface area contributed by atoms with Crippen LogP contribution in [-0.2, 0) is 13.0 Å². The van der Waals surface area contributed by atoms with E-state index in [2.05, 4.69) is 4.98 Å². The molecule has 3 aromatic rings. The van der Waals surface area contributed by atoms with Crippen molar-refractivity contribution in [3.05, 3.63) is 61.3 Å². The van der Waals surface area contributed by atoms with Gasteiger partial charge < -0.3 is 10.1 Å². The first-order valence-electron chi connectivity index (χ1n) is 6.59. The van der Waals surface area contributed by atoms with E-state index in [0.29, 0.717) is 22.2 Å². The van der Waals surface area contributed by atoms with Gasteiger partial charge in [0.25, 0.3) is 5.56 Å². The molecule has 0 saturated heterocycles. The van der Waals surface area contributed by atoms with Crippen molar-refractivity contribution in [1.82, 2.24) is 9.55 Å². The van der Waals surface area contributed by atoms with Gasteiger partial charge in [-0.05, 0) is 48.3 Å². The lowest BCUT2D eigenvalue weighted by Crippen LogP contribution is -2.23. The number of thiophene rings is 1. The number of H-pyrrole nitrogens is 1. The first-order chi connectivity index (χ1) is 10.6. The highest BCUT2D eigenvalue weighted by Gasteiger charge is 2.09. The topological polar surface area (TPSA) is 75.1 Å². The number of hydrogen-bond donors (Lipinski definition) is 2. The molecule has 0 unspecified atom stereocenters. The monoisotopic (exact) mass is 332 g/mol. The zero-order chi connectivity index (χ0) is 15.7. The van der Waals surface area contributed by atoms with Crippen LogP contribution in [0.25, 0.3) is 10.9 Å². The molecular weight excluding hydrogens is 320 g/mol. The molecule has 0 radical (unpaired) electrons. The molecule has 0 bridgehead atoms. The third-order valence-electron chi connectivity index (χ3n) is 3.39. The summed E-state index contributed by atoms with van der Waals surface area (Å²) in [6.07, 6.45) is 0.730. The number of carboxylic acids is 1. The minimum Gasteiger partial charge on any atom is -0.478 e. The van der Waals surface area contributed by atoms with Crippen LogP contribution >= 0.6 is 23.6 Å². The summed E-state index contributed by atoms with van der Waals surface area (Å²) in [7, 11) is 0. The number of carboxylic acid groups (broad SMARTS) is 1. The number of carbonyl (C=O) groups is 1. The SMILES string of the molecule is O=C(O)c1ccc2c(=O)n(CCc3cccs3)c(=S)[nH]c2c1. The smallest absolute Gasteiger partial charge is 0.335 e. The van der Waals surface area contributed by atoms with E-state index in [1.54, 1.807) is 11.3 Å². The van der Waals surface area contributed by atoms with Crippen LogP contribution in [0.1, 0.15) is 15.2 Å². The Hall–Kier alpha value is -2.25. The number of aromatic nitrogens is 2. The Labute approximate surface area is 134 Å². The quantitative estimate of drug-likeness (QED) is 0.720. The lowest BCUT2D eigenvalue weighted by molar-refractivity contribution is 0.0697. The molecule has 1 aromatic carbocycles. The maximum Gasteiger partial charge on any atom is 0.335 e. The average Bonchev–Trinajstić information content (AvgIpc) is 2.99. The minimum atomic E-state index is -1.04. The third-order valence-corrected chi connectivity index (χ3v) is 4.65. The van der Waals surface area contributed by atoms with E-state index < -0.39 is 5.97 Å². The first-order valence-corrected chi connectivity index (χ1v) is 7.87. The van der Waals surface area contributed by atoms with Crippen molar-refractivity contribution in [2.24, 2.45) is 0 Å². The normalized spacial score (nSPS) is 10.9. The van der Waals surface area contributed by atoms with Gasteiger partial charge in [0.1, 0.15) is 0 Å². The van der Waals surface area contributed by atoms with Crippen LogP contribution in [0.5, 0.6) is 0 Å². The number of aromatic amines is 1. The van der Waals surface area contributed by atoms with Crippen LogP contribution in [0.15, 0.2) is 40.5 Å². The van der Waals surface area contributed by atoms with Gasteiger partial charge in [-0.25, -0.2) is 4.79 Å². The number of rotatable bonds is 4. The maximum atomic E-state index is 12.5. The second-order valence-electron chi connectivity index (χ2n) is 4.78. The van der Waals surface area contributed by atoms with Crippen molar-refractivity contribution in [2.75, 3.05) is 0 Å². The summed E-state index contributed by atoms with van der Waals surface area (Å²) in [5.41, 5.74) is 0.364. The number of hydrogen-bond acceptors (Lipinski definition) is 4. The molecule has 0 atom stereocenters. The maximum absolute atomic E-state index is 12.5. The summed E-state index contributed by atoms with van der Waals surface area (Å²) in [6, 6.07) is 8.36. The van der Waals surface area contributed by atoms with E-state index >= 15 is 0 Å². The molecular formula is C15H12N2O3S2. The van der Waals surface area contributed by atoms with Gasteiger partial charge in [0.15, 0.2) is 4.77 Å². The first kappa shape index (κ1) is 14.7. The summed E-state index contributed by atoms with van der Waals surface area (Å²) in [4.78, 5) is 27.6. The molecule has 112 valence electrons. The van der Waals surface area contributed by atoms with E-state index in [1.165, 1.54) is 27.6 Å². The summed E-state index contributed by atoms with van der Waals surface area (Å²) in [5, 5.41) is 11.4. The van der Waals surface area contributed by atoms with Gasteiger partial charge in [0.2, 0.25) is 0 Å². The van der Waals surface area contributed by atoms with Gasteiger partial charge in [-0.3, -0.25) is 9.36 Å². The number of aromatic carboxylic acids is 1. The average molecular weight is 332 g/mol. The molecule has 22 heavy (non-hydrogen) atoms. The van der Waals surface area contributed by atoms with E-state index in [9.17, 15) is 9.59 Å². The van der Waals surface area contributed by atoms with Crippen molar-refractivity contribution >= 4 is 40.4 Å². The van der Waals surface area contributed by atoms with Crippen LogP contribution in [0.4, 0.5) is 0 Å². The minimum absolute atomic E-state index is 0.119. The van der Waals surface area contributed by atoms with Gasteiger partial charge >= 0.3 is 5.97 Å². The molecule has 2 aromatic heterocycles. The number of nitrogens with one attached hydrogen (secondary N) is 1. The highest BCUT2D eigenvalue weighted by Crippen LogP contribution is 2.13. The Balaban J connectivity index is 2.05. The van der Waals surface area contributed by atoms with Crippen molar-refractivity contribution in [1.29, 1.82) is 0 Å². The Morgan fingerprint density at radius 2 is 2.18 bits per heavy atom. The molecule has 2 N–H and O–H groups in total. The number of aryl methyl sites for hydroxylation is 1. The summed E-state index contributed by atoms with van der Waals surface area (Å²) in [6.45, 7) is 0.491. The van der Waals surface area contributed by atoms with Crippen LogP contribution < -0.4 is 5.56 Å². The molecule has 0 fully saturated rings. The van der Waals surface area contributed by atoms with E-state index in [-0.39, 0.29) is 11.1 Å². The van der Waals surface area contributed by atoms with Crippen LogP contribution in [0.2, 0.25) is 0 Å². The molecule has 0 amide bonds. The lowest BCUT2D eigenvalue weighted by Gasteiger charge is -2.08. The molecule has 0 saturated carbocycles. The predicted octanol–water partition coefficient (Wildman–Crippen LogP) is 3.06. The fourth-order valence-corrected chi connectivity index (χ4v) is 3.25. The Morgan fingerprint density at radius 1 is 1.36 bits per heavy atom. The zero-order valence-corrected chi connectivity index (χ0v) is 13.0. The molecule has 0 spiro atoms. The largest absolute Gasteiger partial charge is 0.478 e. The van der Waals surface area contributed by atoms with Crippen LogP contribution in [0.3, 0.4) is 0 Å². The van der Waals surface area contributed by atoms with E-state index in [1.807, 2.05) is 17.5 Å². The molecule has 2 heterocycles. The summed E-state index contributed by atoms with van der Waals surface area (Å²) >= 11 is 6.87. The second-order valence-corrected chi connectivity index (χ2v) is 6.20. The van der Waals surface area contributed by atoms with Crippen molar-refractivity contribution < 1.29 is 9.90 Å². The van der Waals surface area contributed by atoms with E-state index in [4.69, 9.17) is 17.3 Å². The Kier molecular flexibility index (Phi) is 3.91. The zero-order valence-electron chi connectivity index (χ0n) is 11.4. The van der Waals surface area contributed by atoms with Crippen LogP contribution in [-0.4, -0.2) is 20.6 Å². The lowest BCUT2D eigenvalue weighted by atomic mass is 10.1. The fourth-order valence-electron chi connectivity index (χ4n) is 2.27. The highest BCUT2D eigenvalue weighted by molar-refractivity contribution is 7.71. The standard InChI is InChI=1S/C15H12N2O3S2/c18-13-11-4-3-9(14(19)20)8-12(11)16-15(21)17(13)6-5-10-2-1-7-22-10/h1-4,7-8H,5-6H2,(H,16,21)(H,19,20). The second kappa shape index (κ2) is 5.86. The van der Waals surface area contributed by atoms with Gasteiger partial charge in [-0.15, -0.1) is 11.3 Å². The molecule has 7 heteroatoms.